The molecule has 0 amide bonds. The average molecular weight is 406 g/mol. The van der Waals surface area contributed by atoms with E-state index in [2.05, 4.69) is 15.9 Å². The van der Waals surface area contributed by atoms with Gasteiger partial charge in [0.2, 0.25) is 0 Å². The fourth-order valence-electron chi connectivity index (χ4n) is 2.49. The molecule has 0 saturated heterocycles. The van der Waals surface area contributed by atoms with E-state index in [-0.39, 0.29) is 0 Å². The first-order valence-corrected chi connectivity index (χ1v) is 8.48. The molecule has 2 aromatic carbocycles. The molecule has 6 nitrogen and oxygen atoms in total. The minimum Gasteiger partial charge on any atom is -0.497 e. The zero-order chi connectivity index (χ0) is 17.8. The lowest BCUT2D eigenvalue weighted by atomic mass is 10.2. The van der Waals surface area contributed by atoms with Gasteiger partial charge < -0.3 is 13.9 Å². The molecule has 0 bridgehead atoms. The number of fused-ring (bicyclic) bond motifs is 1. The molecule has 0 saturated carbocycles. The van der Waals surface area contributed by atoms with Gasteiger partial charge >= 0.3 is 11.4 Å². The molecule has 0 radical (unpaired) electrons. The van der Waals surface area contributed by atoms with Gasteiger partial charge in [0.1, 0.15) is 11.5 Å². The Hall–Kier alpha value is -2.54. The number of methoxy groups -OCH3 is 1. The zero-order valence-corrected chi connectivity index (χ0v) is 15.1. The Labute approximate surface area is 151 Å². The molecule has 0 unspecified atom stereocenters. The smallest absolute Gasteiger partial charge is 0.422 e. The number of hydrogen-bond donors (Lipinski definition) is 0. The van der Waals surface area contributed by atoms with E-state index < -0.39 is 11.4 Å². The van der Waals surface area contributed by atoms with Crippen LogP contribution in [0.1, 0.15) is 6.42 Å². The van der Waals surface area contributed by atoms with Crippen molar-refractivity contribution in [2.24, 2.45) is 0 Å². The van der Waals surface area contributed by atoms with E-state index in [1.807, 2.05) is 24.3 Å². The molecular formula is C18H16BrNO5. The van der Waals surface area contributed by atoms with Gasteiger partial charge in [0.05, 0.1) is 24.6 Å². The summed E-state index contributed by atoms with van der Waals surface area (Å²) in [5.74, 6) is 0.821. The molecule has 25 heavy (non-hydrogen) atoms. The summed E-state index contributed by atoms with van der Waals surface area (Å²) in [6.07, 6.45) is 0.588. The normalized spacial score (nSPS) is 10.8. The van der Waals surface area contributed by atoms with Crippen LogP contribution in [0.2, 0.25) is 0 Å². The molecule has 0 fully saturated rings. The summed E-state index contributed by atoms with van der Waals surface area (Å²) >= 11 is 3.31. The summed E-state index contributed by atoms with van der Waals surface area (Å²) in [5.41, 5.74) is -0.0825. The summed E-state index contributed by atoms with van der Waals surface area (Å²) in [7, 11) is 1.61. The molecule has 1 heterocycles. The van der Waals surface area contributed by atoms with Crippen molar-refractivity contribution in [1.82, 2.24) is 4.57 Å². The lowest BCUT2D eigenvalue weighted by Crippen LogP contribution is -2.25. The summed E-state index contributed by atoms with van der Waals surface area (Å²) < 4.78 is 17.7. The Morgan fingerprint density at radius 1 is 1.08 bits per heavy atom. The van der Waals surface area contributed by atoms with Crippen LogP contribution < -0.4 is 20.9 Å². The Bertz CT molecular complexity index is 991. The minimum atomic E-state index is -0.663. The number of aryl methyl sites for hydroxylation is 1. The fourth-order valence-corrected chi connectivity index (χ4v) is 2.85. The highest BCUT2D eigenvalue weighted by Gasteiger charge is 2.09. The SMILES string of the molecule is COc1ccc(OCCCn2c(=O)oc(=O)c3cc(Br)ccc32)cc1. The number of rotatable bonds is 6. The molecule has 7 heteroatoms. The van der Waals surface area contributed by atoms with Crippen molar-refractivity contribution in [1.29, 1.82) is 0 Å². The molecular weight excluding hydrogens is 390 g/mol. The summed E-state index contributed by atoms with van der Waals surface area (Å²) in [6, 6.07) is 12.4. The molecule has 0 spiro atoms. The van der Waals surface area contributed by atoms with Gasteiger partial charge in [-0.25, -0.2) is 9.59 Å². The molecule has 1 aromatic heterocycles. The van der Waals surface area contributed by atoms with Gasteiger partial charge in [0.15, 0.2) is 0 Å². The quantitative estimate of drug-likeness (QED) is 0.588. The van der Waals surface area contributed by atoms with Crippen LogP contribution in [-0.2, 0) is 6.54 Å². The topological polar surface area (TPSA) is 70.7 Å². The monoisotopic (exact) mass is 405 g/mol. The average Bonchev–Trinajstić information content (AvgIpc) is 2.61. The lowest BCUT2D eigenvalue weighted by molar-refractivity contribution is 0.296. The maximum Gasteiger partial charge on any atom is 0.422 e. The largest absolute Gasteiger partial charge is 0.497 e. The third-order valence-corrected chi connectivity index (χ3v) is 4.22. The van der Waals surface area contributed by atoms with Crippen LogP contribution in [0.5, 0.6) is 11.5 Å². The molecule has 0 aliphatic carbocycles. The van der Waals surface area contributed by atoms with E-state index in [1.165, 1.54) is 4.57 Å². The molecule has 0 N–H and O–H groups in total. The van der Waals surface area contributed by atoms with Crippen molar-refractivity contribution in [3.05, 3.63) is 67.9 Å². The first-order valence-electron chi connectivity index (χ1n) is 7.68. The molecule has 3 aromatic rings. The van der Waals surface area contributed by atoms with Gasteiger partial charge in [0.25, 0.3) is 0 Å². The Morgan fingerprint density at radius 2 is 1.80 bits per heavy atom. The van der Waals surface area contributed by atoms with E-state index >= 15 is 0 Å². The van der Waals surface area contributed by atoms with E-state index in [0.717, 1.165) is 16.0 Å². The number of ether oxygens (including phenoxy) is 2. The molecule has 0 atom stereocenters. The Kier molecular flexibility index (Phi) is 5.23. The van der Waals surface area contributed by atoms with Gasteiger partial charge in [-0.2, -0.15) is 0 Å². The maximum absolute atomic E-state index is 12.0. The fraction of sp³-hybridized carbons (Fsp3) is 0.222. The second-order valence-corrected chi connectivity index (χ2v) is 6.26. The van der Waals surface area contributed by atoms with Crippen LogP contribution in [0, 0.1) is 0 Å². The van der Waals surface area contributed by atoms with Crippen molar-refractivity contribution in [2.75, 3.05) is 13.7 Å². The van der Waals surface area contributed by atoms with Crippen molar-refractivity contribution in [3.8, 4) is 11.5 Å². The van der Waals surface area contributed by atoms with Gasteiger partial charge in [-0.15, -0.1) is 0 Å². The van der Waals surface area contributed by atoms with E-state index in [4.69, 9.17) is 13.9 Å². The van der Waals surface area contributed by atoms with Crippen LogP contribution in [0.15, 0.2) is 60.9 Å². The number of aromatic nitrogens is 1. The number of hydrogen-bond acceptors (Lipinski definition) is 5. The highest BCUT2D eigenvalue weighted by atomic mass is 79.9. The zero-order valence-electron chi connectivity index (χ0n) is 13.5. The predicted molar refractivity (Wildman–Crippen MR) is 97.6 cm³/mol. The third kappa shape index (κ3) is 3.93. The van der Waals surface area contributed by atoms with Crippen molar-refractivity contribution < 1.29 is 13.9 Å². The van der Waals surface area contributed by atoms with E-state index in [1.54, 1.807) is 25.3 Å². The summed E-state index contributed by atoms with van der Waals surface area (Å²) in [5, 5.41) is 0.366. The van der Waals surface area contributed by atoms with E-state index in [9.17, 15) is 9.59 Å². The number of halogens is 1. The van der Waals surface area contributed by atoms with Crippen LogP contribution in [-0.4, -0.2) is 18.3 Å². The summed E-state index contributed by atoms with van der Waals surface area (Å²) in [6.45, 7) is 0.812. The minimum absolute atomic E-state index is 0.366. The highest BCUT2D eigenvalue weighted by Crippen LogP contribution is 2.18. The number of nitrogens with zero attached hydrogens (tertiary/aromatic N) is 1. The lowest BCUT2D eigenvalue weighted by Gasteiger charge is -2.10. The Balaban J connectivity index is 1.70. The third-order valence-electron chi connectivity index (χ3n) is 3.72. The van der Waals surface area contributed by atoms with Crippen LogP contribution in [0.3, 0.4) is 0 Å². The number of benzene rings is 2. The van der Waals surface area contributed by atoms with Gasteiger partial charge in [-0.1, -0.05) is 15.9 Å². The second-order valence-electron chi connectivity index (χ2n) is 5.35. The molecule has 130 valence electrons. The standard InChI is InChI=1S/C18H16BrNO5/c1-23-13-4-6-14(7-5-13)24-10-2-9-20-16-8-3-12(19)11-15(16)17(21)25-18(20)22/h3-8,11H,2,9-10H2,1H3. The van der Waals surface area contributed by atoms with Crippen LogP contribution in [0.4, 0.5) is 0 Å². The van der Waals surface area contributed by atoms with Crippen molar-refractivity contribution >= 4 is 26.8 Å². The van der Waals surface area contributed by atoms with E-state index in [0.29, 0.717) is 30.5 Å². The molecule has 3 rings (SSSR count). The van der Waals surface area contributed by atoms with Crippen molar-refractivity contribution in [3.63, 3.8) is 0 Å². The van der Waals surface area contributed by atoms with Gasteiger partial charge in [0, 0.05) is 11.0 Å². The predicted octanol–water partition coefficient (Wildman–Crippen LogP) is 3.19. The highest BCUT2D eigenvalue weighted by molar-refractivity contribution is 9.10. The van der Waals surface area contributed by atoms with Crippen LogP contribution >= 0.6 is 15.9 Å². The maximum atomic E-state index is 12.0. The first kappa shape index (κ1) is 17.3. The van der Waals surface area contributed by atoms with Gasteiger partial charge in [-0.3, -0.25) is 4.57 Å². The molecule has 0 aliphatic heterocycles. The second kappa shape index (κ2) is 7.57. The molecule has 0 aliphatic rings. The van der Waals surface area contributed by atoms with Crippen molar-refractivity contribution in [2.45, 2.75) is 13.0 Å². The van der Waals surface area contributed by atoms with Gasteiger partial charge in [-0.05, 0) is 48.9 Å². The Morgan fingerprint density at radius 3 is 2.52 bits per heavy atom. The van der Waals surface area contributed by atoms with Crippen LogP contribution in [0.25, 0.3) is 10.9 Å². The summed E-state index contributed by atoms with van der Waals surface area (Å²) in [4.78, 5) is 23.8. The first-order chi connectivity index (χ1) is 12.1.